The summed E-state index contributed by atoms with van der Waals surface area (Å²) in [6.07, 6.45) is 0.186. The number of carbonyl (C=O) groups is 3. The summed E-state index contributed by atoms with van der Waals surface area (Å²) in [5.74, 6) is -1.97. The van der Waals surface area contributed by atoms with Crippen molar-refractivity contribution < 1.29 is 27.9 Å². The van der Waals surface area contributed by atoms with E-state index in [0.717, 1.165) is 21.2 Å². The molecule has 10 heteroatoms. The van der Waals surface area contributed by atoms with Gasteiger partial charge in [-0.2, -0.15) is 4.72 Å². The van der Waals surface area contributed by atoms with Gasteiger partial charge in [0, 0.05) is 22.0 Å². The second-order valence-corrected chi connectivity index (χ2v) is 11.0. The van der Waals surface area contributed by atoms with Crippen molar-refractivity contribution in [3.05, 3.63) is 105 Å². The number of nitrogens with one attached hydrogen (secondary N) is 1. The van der Waals surface area contributed by atoms with E-state index in [4.69, 9.17) is 5.11 Å². The van der Waals surface area contributed by atoms with Gasteiger partial charge in [0.05, 0.1) is 17.1 Å². The van der Waals surface area contributed by atoms with Crippen LogP contribution >= 0.6 is 15.9 Å². The first-order chi connectivity index (χ1) is 17.6. The number of fused-ring (bicyclic) bond motifs is 1. The number of Topliss-reactive ketones (excluding diaryl/α,β-unsaturated/α-hetero) is 1. The van der Waals surface area contributed by atoms with Gasteiger partial charge in [-0.05, 0) is 53.1 Å². The molecular weight excluding hydrogens is 560 g/mol. The molecule has 0 unspecified atom stereocenters. The molecule has 190 valence electrons. The maximum Gasteiger partial charge on any atom is 0.318 e. The lowest BCUT2D eigenvalue weighted by Gasteiger charge is -2.33. The minimum atomic E-state index is -4.06. The zero-order valence-corrected chi connectivity index (χ0v) is 22.2. The number of carboxylic acids is 1. The first-order valence-corrected chi connectivity index (χ1v) is 13.6. The lowest BCUT2D eigenvalue weighted by atomic mass is 9.86. The Morgan fingerprint density at radius 2 is 1.68 bits per heavy atom. The number of aliphatic carboxylic acids is 1. The Hall–Kier alpha value is -3.60. The highest BCUT2D eigenvalue weighted by Crippen LogP contribution is 2.39. The lowest BCUT2D eigenvalue weighted by Crippen LogP contribution is -2.37. The Labute approximate surface area is 222 Å². The van der Waals surface area contributed by atoms with Crippen LogP contribution in [0.4, 0.5) is 0 Å². The van der Waals surface area contributed by atoms with Crippen LogP contribution < -0.4 is 4.72 Å². The molecule has 4 rings (SSSR count). The number of benzene rings is 3. The first kappa shape index (κ1) is 26.5. The second-order valence-electron chi connectivity index (χ2n) is 8.30. The van der Waals surface area contributed by atoms with Crippen molar-refractivity contribution in [2.75, 3.05) is 6.54 Å². The van der Waals surface area contributed by atoms with Gasteiger partial charge < -0.3 is 5.11 Å². The molecule has 0 bridgehead atoms. The number of halogens is 1. The van der Waals surface area contributed by atoms with Crippen molar-refractivity contribution in [1.82, 2.24) is 9.62 Å². The number of hydrogen-bond acceptors (Lipinski definition) is 5. The van der Waals surface area contributed by atoms with Crippen molar-refractivity contribution in [3.63, 3.8) is 0 Å². The van der Waals surface area contributed by atoms with Crippen LogP contribution in [-0.2, 0) is 26.2 Å². The number of carboxylic acid groups (broad SMARTS) is 1. The van der Waals surface area contributed by atoms with Crippen molar-refractivity contribution >= 4 is 49.2 Å². The molecule has 1 amide bonds. The van der Waals surface area contributed by atoms with Gasteiger partial charge in [-0.3, -0.25) is 19.3 Å². The highest BCUT2D eigenvalue weighted by Gasteiger charge is 2.33. The fraction of sp³-hybridized carbons (Fsp3) is 0.148. The lowest BCUT2D eigenvalue weighted by molar-refractivity contribution is -0.135. The molecule has 1 aliphatic rings. The molecule has 0 saturated heterocycles. The molecule has 1 aliphatic heterocycles. The van der Waals surface area contributed by atoms with Gasteiger partial charge in [-0.15, -0.1) is 0 Å². The standard InChI is InChI=1S/C27H23BrN2O6S/c1-2-23(31)26-25(17-6-4-3-5-7-17)22-14-20(28)11-8-19(22)16-30(26)27(34)18-9-12-21(13-10-18)37(35,36)29-15-24(32)33/h3-14,29H,2,15-16H2,1H3,(H,32,33). The maximum absolute atomic E-state index is 13.7. The fourth-order valence-corrected chi connectivity index (χ4v) is 5.47. The monoisotopic (exact) mass is 582 g/mol. The minimum Gasteiger partial charge on any atom is -0.480 e. The summed E-state index contributed by atoms with van der Waals surface area (Å²) < 4.78 is 27.5. The third kappa shape index (κ3) is 5.56. The van der Waals surface area contributed by atoms with Crippen molar-refractivity contribution in [2.45, 2.75) is 24.8 Å². The van der Waals surface area contributed by atoms with Gasteiger partial charge in [0.15, 0.2) is 5.78 Å². The minimum absolute atomic E-state index is 0.166. The molecule has 0 spiro atoms. The Morgan fingerprint density at radius 1 is 1.00 bits per heavy atom. The van der Waals surface area contributed by atoms with E-state index in [-0.39, 0.29) is 34.9 Å². The molecule has 37 heavy (non-hydrogen) atoms. The summed E-state index contributed by atoms with van der Waals surface area (Å²) in [5.41, 5.74) is 3.63. The van der Waals surface area contributed by atoms with Gasteiger partial charge in [-0.25, -0.2) is 8.42 Å². The number of ketones is 1. The summed E-state index contributed by atoms with van der Waals surface area (Å²) in [4.78, 5) is 39.0. The molecule has 0 aromatic heterocycles. The topological polar surface area (TPSA) is 121 Å². The summed E-state index contributed by atoms with van der Waals surface area (Å²) in [6, 6.07) is 20.3. The molecule has 0 aliphatic carbocycles. The SMILES string of the molecule is CCC(=O)C1=C(c2ccccc2)c2cc(Br)ccc2CN1C(=O)c1ccc(S(=O)(=O)NCC(=O)O)cc1. The van der Waals surface area contributed by atoms with Crippen LogP contribution in [0.1, 0.15) is 40.4 Å². The van der Waals surface area contributed by atoms with Crippen LogP contribution in [0.25, 0.3) is 5.57 Å². The molecule has 0 atom stereocenters. The molecular formula is C27H23BrN2O6S. The van der Waals surface area contributed by atoms with E-state index in [2.05, 4.69) is 15.9 Å². The summed E-state index contributed by atoms with van der Waals surface area (Å²) in [7, 11) is -4.06. The van der Waals surface area contributed by atoms with Gasteiger partial charge in [-0.1, -0.05) is 59.3 Å². The zero-order valence-electron chi connectivity index (χ0n) is 19.8. The molecule has 3 aromatic rings. The van der Waals surface area contributed by atoms with Crippen LogP contribution in [0.2, 0.25) is 0 Å². The Balaban J connectivity index is 1.80. The van der Waals surface area contributed by atoms with Crippen molar-refractivity contribution in [2.24, 2.45) is 0 Å². The van der Waals surface area contributed by atoms with Crippen molar-refractivity contribution in [1.29, 1.82) is 0 Å². The van der Waals surface area contributed by atoms with Gasteiger partial charge in [0.25, 0.3) is 5.91 Å². The van der Waals surface area contributed by atoms with Crippen LogP contribution in [-0.4, -0.2) is 42.6 Å². The number of allylic oxidation sites excluding steroid dienone is 1. The number of amides is 1. The van der Waals surface area contributed by atoms with E-state index in [1.54, 1.807) is 6.92 Å². The average Bonchev–Trinajstić information content (AvgIpc) is 2.90. The number of carbonyl (C=O) groups excluding carboxylic acids is 2. The normalized spacial score (nSPS) is 13.3. The van der Waals surface area contributed by atoms with Gasteiger partial charge in [0.2, 0.25) is 10.0 Å². The molecule has 2 N–H and O–H groups in total. The second kappa shape index (κ2) is 10.8. The highest BCUT2D eigenvalue weighted by molar-refractivity contribution is 9.10. The quantitative estimate of drug-likeness (QED) is 0.410. The van der Waals surface area contributed by atoms with E-state index in [1.165, 1.54) is 29.2 Å². The molecule has 0 radical (unpaired) electrons. The molecule has 0 saturated carbocycles. The van der Waals surface area contributed by atoms with Crippen LogP contribution in [0.3, 0.4) is 0 Å². The number of sulfonamides is 1. The Kier molecular flexibility index (Phi) is 7.72. The van der Waals surface area contributed by atoms with Gasteiger partial charge in [0.1, 0.15) is 6.54 Å². The largest absolute Gasteiger partial charge is 0.480 e. The number of hydrogen-bond donors (Lipinski definition) is 2. The highest BCUT2D eigenvalue weighted by atomic mass is 79.9. The van der Waals surface area contributed by atoms with E-state index >= 15 is 0 Å². The molecule has 1 heterocycles. The molecule has 0 fully saturated rings. The summed E-state index contributed by atoms with van der Waals surface area (Å²) in [5, 5.41) is 8.75. The zero-order chi connectivity index (χ0) is 26.7. The Morgan fingerprint density at radius 3 is 2.30 bits per heavy atom. The van der Waals surface area contributed by atoms with Gasteiger partial charge >= 0.3 is 5.97 Å². The van der Waals surface area contributed by atoms with Crippen LogP contribution in [0.5, 0.6) is 0 Å². The van der Waals surface area contributed by atoms with E-state index in [0.29, 0.717) is 5.57 Å². The third-order valence-corrected chi connectivity index (χ3v) is 7.80. The average molecular weight is 583 g/mol. The van der Waals surface area contributed by atoms with E-state index < -0.39 is 28.4 Å². The number of rotatable bonds is 8. The van der Waals surface area contributed by atoms with Crippen LogP contribution in [0.15, 0.2) is 87.9 Å². The van der Waals surface area contributed by atoms with E-state index in [9.17, 15) is 22.8 Å². The first-order valence-electron chi connectivity index (χ1n) is 11.4. The summed E-state index contributed by atoms with van der Waals surface area (Å²) >= 11 is 3.51. The predicted octanol–water partition coefficient (Wildman–Crippen LogP) is 4.21. The van der Waals surface area contributed by atoms with E-state index in [1.807, 2.05) is 53.3 Å². The number of nitrogens with zero attached hydrogens (tertiary/aromatic N) is 1. The Bertz CT molecular complexity index is 1520. The fourth-order valence-electron chi connectivity index (χ4n) is 4.13. The third-order valence-electron chi connectivity index (χ3n) is 5.89. The maximum atomic E-state index is 13.7. The summed E-state index contributed by atoms with van der Waals surface area (Å²) in [6.45, 7) is 1.14. The predicted molar refractivity (Wildman–Crippen MR) is 141 cm³/mol. The smallest absolute Gasteiger partial charge is 0.318 e. The molecule has 3 aromatic carbocycles. The van der Waals surface area contributed by atoms with Crippen molar-refractivity contribution in [3.8, 4) is 0 Å². The van der Waals surface area contributed by atoms with Crippen LogP contribution in [0, 0.1) is 0 Å². The molecule has 8 nitrogen and oxygen atoms in total.